The Hall–Kier alpha value is -0.242. The molecule has 86 valence electrons. The Morgan fingerprint density at radius 1 is 0.800 bits per heavy atom. The van der Waals surface area contributed by atoms with Crippen LogP contribution in [0.15, 0.2) is 23.7 Å². The minimum atomic E-state index is -0.187. The molecule has 5 heteroatoms. The molecule has 0 N–H and O–H groups in total. The van der Waals surface area contributed by atoms with Crippen LogP contribution in [0.1, 0.15) is 27.7 Å². The standard InChI is InChI=1S/2C5H8O2.Sm/c2*1-4(6)3-5(2)7;/h2*3,6H,1-2H3;/p-2/b2*4-3-;. The molecular weight excluding hydrogens is 334 g/mol. The monoisotopic (exact) mass is 350 g/mol. The summed E-state index contributed by atoms with van der Waals surface area (Å²) < 4.78 is 0. The summed E-state index contributed by atoms with van der Waals surface area (Å²) >= 11 is 0. The average Bonchev–Trinajstić information content (AvgIpc) is 1.79. The van der Waals surface area contributed by atoms with Gasteiger partial charge in [0.2, 0.25) is 0 Å². The van der Waals surface area contributed by atoms with Gasteiger partial charge in [0.15, 0.2) is 11.6 Å². The number of allylic oxidation sites excluding steroid dienone is 4. The first-order chi connectivity index (χ1) is 6.25. The molecule has 0 unspecified atom stereocenters. The number of carbonyl (C=O) groups is 2. The van der Waals surface area contributed by atoms with E-state index >= 15 is 0 Å². The molecule has 0 heterocycles. The van der Waals surface area contributed by atoms with Crippen molar-refractivity contribution in [3.05, 3.63) is 23.7 Å². The van der Waals surface area contributed by atoms with E-state index in [1.165, 1.54) is 27.7 Å². The van der Waals surface area contributed by atoms with Crippen molar-refractivity contribution in [1.82, 2.24) is 0 Å². The Labute approximate surface area is 122 Å². The van der Waals surface area contributed by atoms with Gasteiger partial charge in [-0.1, -0.05) is 13.8 Å². The van der Waals surface area contributed by atoms with E-state index in [1.807, 2.05) is 0 Å². The van der Waals surface area contributed by atoms with Crippen LogP contribution < -0.4 is 10.2 Å². The average molecular weight is 349 g/mol. The van der Waals surface area contributed by atoms with Gasteiger partial charge in [-0.25, -0.2) is 0 Å². The molecule has 0 radical (unpaired) electrons. The van der Waals surface area contributed by atoms with Gasteiger partial charge in [0.25, 0.3) is 0 Å². The summed E-state index contributed by atoms with van der Waals surface area (Å²) in [5, 5.41) is 20.0. The first-order valence-electron chi connectivity index (χ1n) is 3.97. The number of ketones is 2. The van der Waals surface area contributed by atoms with Crippen molar-refractivity contribution in [2.75, 3.05) is 0 Å². The summed E-state index contributed by atoms with van der Waals surface area (Å²) in [5.41, 5.74) is 0. The van der Waals surface area contributed by atoms with Crippen molar-refractivity contribution in [2.45, 2.75) is 27.7 Å². The fourth-order valence-electron chi connectivity index (χ4n) is 0.572. The molecule has 0 saturated heterocycles. The molecule has 0 aliphatic heterocycles. The van der Waals surface area contributed by atoms with Gasteiger partial charge in [0, 0.05) is 40.4 Å². The van der Waals surface area contributed by atoms with Crippen molar-refractivity contribution >= 4 is 11.6 Å². The molecule has 4 nitrogen and oxygen atoms in total. The molecule has 0 spiro atoms. The van der Waals surface area contributed by atoms with Crippen LogP contribution >= 0.6 is 0 Å². The Morgan fingerprint density at radius 3 is 1.00 bits per heavy atom. The van der Waals surface area contributed by atoms with Crippen molar-refractivity contribution < 1.29 is 60.2 Å². The van der Waals surface area contributed by atoms with Gasteiger partial charge >= 0.3 is 0 Å². The third kappa shape index (κ3) is 31.6. The molecule has 0 saturated carbocycles. The van der Waals surface area contributed by atoms with Crippen LogP contribution in [0.4, 0.5) is 0 Å². The topological polar surface area (TPSA) is 80.3 Å². The van der Waals surface area contributed by atoms with Crippen LogP contribution in [-0.2, 0) is 9.59 Å². The predicted molar refractivity (Wildman–Crippen MR) is 48.9 cm³/mol. The van der Waals surface area contributed by atoms with Crippen LogP contribution in [0.5, 0.6) is 0 Å². The number of rotatable bonds is 2. The molecule has 0 fully saturated rings. The number of carbonyl (C=O) groups excluding carboxylic acids is 2. The summed E-state index contributed by atoms with van der Waals surface area (Å²) in [6, 6.07) is 0. The molecule has 15 heavy (non-hydrogen) atoms. The van der Waals surface area contributed by atoms with Gasteiger partial charge in [-0.15, -0.1) is 11.5 Å². The molecule has 0 atom stereocenters. The van der Waals surface area contributed by atoms with E-state index in [0.717, 1.165) is 12.2 Å². The van der Waals surface area contributed by atoms with Gasteiger partial charge in [-0.3, -0.25) is 9.59 Å². The summed E-state index contributed by atoms with van der Waals surface area (Å²) in [4.78, 5) is 20.0. The molecule has 0 aliphatic rings. The number of hydrogen-bond acceptors (Lipinski definition) is 4. The number of hydrogen-bond donors (Lipinski definition) is 0. The summed E-state index contributed by atoms with van der Waals surface area (Å²) in [7, 11) is 0. The van der Waals surface area contributed by atoms with Crippen molar-refractivity contribution in [3.8, 4) is 0 Å². The van der Waals surface area contributed by atoms with Gasteiger partial charge in [0.1, 0.15) is 0 Å². The molecule has 0 aromatic rings. The van der Waals surface area contributed by atoms with Gasteiger partial charge < -0.3 is 10.2 Å². The van der Waals surface area contributed by atoms with Crippen LogP contribution in [0.3, 0.4) is 0 Å². The Kier molecular flexibility index (Phi) is 15.9. The zero-order valence-electron chi connectivity index (χ0n) is 9.20. The third-order valence-electron chi connectivity index (χ3n) is 0.813. The maximum absolute atomic E-state index is 9.98. The third-order valence-corrected chi connectivity index (χ3v) is 0.813. The largest absolute Gasteiger partial charge is 0.876 e. The second-order valence-electron chi connectivity index (χ2n) is 2.73. The van der Waals surface area contributed by atoms with E-state index in [0.29, 0.717) is 0 Å². The van der Waals surface area contributed by atoms with Crippen molar-refractivity contribution in [2.24, 2.45) is 0 Å². The second kappa shape index (κ2) is 11.8. The Morgan fingerprint density at radius 2 is 1.00 bits per heavy atom. The minimum Gasteiger partial charge on any atom is -0.876 e. The first kappa shape index (κ1) is 20.2. The Balaban J connectivity index is -0.000000180. The molecule has 0 amide bonds. The maximum Gasteiger partial charge on any atom is 0.151 e. The summed E-state index contributed by atoms with van der Waals surface area (Å²) in [6.45, 7) is 5.39. The van der Waals surface area contributed by atoms with E-state index in [1.54, 1.807) is 0 Å². The predicted octanol–water partition coefficient (Wildman–Crippen LogP) is -0.321. The van der Waals surface area contributed by atoms with Crippen LogP contribution in [0.25, 0.3) is 0 Å². The zero-order valence-corrected chi connectivity index (χ0v) is 11.8. The van der Waals surface area contributed by atoms with Gasteiger partial charge in [-0.2, -0.15) is 0 Å². The molecule has 0 aromatic carbocycles. The van der Waals surface area contributed by atoms with Crippen molar-refractivity contribution in [3.63, 3.8) is 0 Å². The minimum absolute atomic E-state index is 0. The van der Waals surface area contributed by atoms with Gasteiger partial charge in [0.05, 0.1) is 0 Å². The zero-order chi connectivity index (χ0) is 11.7. The van der Waals surface area contributed by atoms with E-state index < -0.39 is 0 Å². The smallest absolute Gasteiger partial charge is 0.151 e. The molecular formula is C10H14O4Sm-2. The SMILES string of the molecule is CC(=O)/C=C(/C)[O-].CC(=O)/C=C(/C)[O-].[Sm]. The van der Waals surface area contributed by atoms with E-state index in [9.17, 15) is 19.8 Å². The quantitative estimate of drug-likeness (QED) is 0.506. The molecule has 0 rings (SSSR count). The van der Waals surface area contributed by atoms with E-state index in [2.05, 4.69) is 0 Å². The molecule has 0 aromatic heterocycles. The fraction of sp³-hybridized carbons (Fsp3) is 0.400. The van der Waals surface area contributed by atoms with Crippen LogP contribution in [-0.4, -0.2) is 11.6 Å². The maximum atomic E-state index is 9.98. The first-order valence-corrected chi connectivity index (χ1v) is 3.97. The normalized spacial score (nSPS) is 10.7. The van der Waals surface area contributed by atoms with E-state index in [4.69, 9.17) is 0 Å². The van der Waals surface area contributed by atoms with Crippen molar-refractivity contribution in [1.29, 1.82) is 0 Å². The van der Waals surface area contributed by atoms with Crippen LogP contribution in [0, 0.1) is 40.4 Å². The summed E-state index contributed by atoms with van der Waals surface area (Å²) in [5.74, 6) is -0.750. The molecule has 0 aliphatic carbocycles. The van der Waals surface area contributed by atoms with E-state index in [-0.39, 0.29) is 63.5 Å². The molecule has 0 bridgehead atoms. The van der Waals surface area contributed by atoms with Gasteiger partial charge in [-0.05, 0) is 26.0 Å². The summed E-state index contributed by atoms with van der Waals surface area (Å²) in [6.07, 6.45) is 2.11. The Bertz CT molecular complexity index is 231. The second-order valence-corrected chi connectivity index (χ2v) is 2.73. The fourth-order valence-corrected chi connectivity index (χ4v) is 0.572. The van der Waals surface area contributed by atoms with Crippen LogP contribution in [0.2, 0.25) is 0 Å².